The van der Waals surface area contributed by atoms with Crippen molar-refractivity contribution in [2.24, 2.45) is 7.05 Å². The molecule has 1 amide bonds. The third-order valence-corrected chi connectivity index (χ3v) is 2.00. The molecule has 0 radical (unpaired) electrons. The predicted molar refractivity (Wildman–Crippen MR) is 58.1 cm³/mol. The van der Waals surface area contributed by atoms with Gasteiger partial charge in [0.05, 0.1) is 17.9 Å². The van der Waals surface area contributed by atoms with Crippen molar-refractivity contribution in [1.29, 1.82) is 0 Å². The number of anilines is 1. The van der Waals surface area contributed by atoms with E-state index in [1.165, 1.54) is 4.68 Å². The van der Waals surface area contributed by atoms with Gasteiger partial charge in [0, 0.05) is 7.05 Å². The zero-order chi connectivity index (χ0) is 11.4. The van der Waals surface area contributed by atoms with Crippen molar-refractivity contribution < 1.29 is 4.79 Å². The molecular weight excluding hydrogens is 192 g/mol. The number of nitrogens with zero attached hydrogens (tertiary/aromatic N) is 2. The largest absolute Gasteiger partial charge is 0.395 e. The van der Waals surface area contributed by atoms with Gasteiger partial charge in [-0.1, -0.05) is 5.92 Å². The summed E-state index contributed by atoms with van der Waals surface area (Å²) < 4.78 is 1.47. The number of amides is 1. The number of hydrogen-bond donors (Lipinski definition) is 2. The molecule has 80 valence electrons. The molecule has 1 aromatic rings. The fourth-order valence-electron chi connectivity index (χ4n) is 1.24. The van der Waals surface area contributed by atoms with Crippen LogP contribution in [0.1, 0.15) is 23.1 Å². The Morgan fingerprint density at radius 1 is 1.67 bits per heavy atom. The number of rotatable bonds is 2. The van der Waals surface area contributed by atoms with Gasteiger partial charge in [-0.25, -0.2) is 0 Å². The minimum absolute atomic E-state index is 0.252. The lowest BCUT2D eigenvalue weighted by Crippen LogP contribution is -2.26. The molecule has 0 aliphatic rings. The smallest absolute Gasteiger partial charge is 0.272 e. The molecule has 0 bridgehead atoms. The first kappa shape index (κ1) is 11.1. The molecule has 1 heterocycles. The van der Waals surface area contributed by atoms with Crippen LogP contribution in [0.3, 0.4) is 0 Å². The van der Waals surface area contributed by atoms with E-state index < -0.39 is 0 Å². The number of hydrogen-bond acceptors (Lipinski definition) is 3. The van der Waals surface area contributed by atoms with Gasteiger partial charge in [0.1, 0.15) is 5.69 Å². The van der Waals surface area contributed by atoms with E-state index in [2.05, 4.69) is 22.3 Å². The Morgan fingerprint density at radius 2 is 2.33 bits per heavy atom. The average Bonchev–Trinajstić information content (AvgIpc) is 2.41. The van der Waals surface area contributed by atoms with Crippen LogP contribution in [0, 0.1) is 18.8 Å². The number of aromatic nitrogens is 2. The summed E-state index contributed by atoms with van der Waals surface area (Å²) in [6.45, 7) is 3.80. The van der Waals surface area contributed by atoms with E-state index in [1.807, 2.05) is 0 Å². The Bertz CT molecular complexity index is 436. The van der Waals surface area contributed by atoms with E-state index in [0.29, 0.717) is 23.6 Å². The van der Waals surface area contributed by atoms with E-state index in [1.54, 1.807) is 20.9 Å². The SMILES string of the molecule is CC#CCNC(=O)c1c(N)c(C)nn1C. The van der Waals surface area contributed by atoms with Crippen LogP contribution in [-0.2, 0) is 7.05 Å². The molecule has 3 N–H and O–H groups in total. The summed E-state index contributed by atoms with van der Waals surface area (Å²) in [5.74, 6) is 5.18. The Balaban J connectivity index is 2.85. The molecule has 0 unspecified atom stereocenters. The van der Waals surface area contributed by atoms with Crippen molar-refractivity contribution in [3.05, 3.63) is 11.4 Å². The molecule has 1 aromatic heterocycles. The van der Waals surface area contributed by atoms with Crippen LogP contribution < -0.4 is 11.1 Å². The second-order valence-electron chi connectivity index (χ2n) is 3.08. The molecule has 0 fully saturated rings. The molecule has 1 rings (SSSR count). The van der Waals surface area contributed by atoms with E-state index in [0.717, 1.165) is 0 Å². The fourth-order valence-corrected chi connectivity index (χ4v) is 1.24. The monoisotopic (exact) mass is 206 g/mol. The molecule has 0 spiro atoms. The highest BCUT2D eigenvalue weighted by Crippen LogP contribution is 2.14. The summed E-state index contributed by atoms with van der Waals surface area (Å²) in [6.07, 6.45) is 0. The van der Waals surface area contributed by atoms with Crippen LogP contribution in [0.15, 0.2) is 0 Å². The van der Waals surface area contributed by atoms with Gasteiger partial charge in [0.15, 0.2) is 0 Å². The molecule has 15 heavy (non-hydrogen) atoms. The van der Waals surface area contributed by atoms with Gasteiger partial charge >= 0.3 is 0 Å². The van der Waals surface area contributed by atoms with Gasteiger partial charge in [-0.15, -0.1) is 5.92 Å². The highest BCUT2D eigenvalue weighted by Gasteiger charge is 2.16. The maximum absolute atomic E-state index is 11.7. The summed E-state index contributed by atoms with van der Waals surface area (Å²) in [6, 6.07) is 0. The first-order valence-corrected chi connectivity index (χ1v) is 4.54. The standard InChI is InChI=1S/C10H14N4O/c1-4-5-6-12-10(15)9-8(11)7(2)13-14(9)3/h6,11H2,1-3H3,(H,12,15). The molecule has 0 saturated carbocycles. The Hall–Kier alpha value is -1.96. The van der Waals surface area contributed by atoms with E-state index in [9.17, 15) is 4.79 Å². The highest BCUT2D eigenvalue weighted by atomic mass is 16.2. The normalized spacial score (nSPS) is 9.27. The lowest BCUT2D eigenvalue weighted by atomic mass is 10.3. The van der Waals surface area contributed by atoms with Crippen molar-refractivity contribution in [3.63, 3.8) is 0 Å². The topological polar surface area (TPSA) is 72.9 Å². The van der Waals surface area contributed by atoms with Gasteiger partial charge in [-0.3, -0.25) is 9.48 Å². The number of nitrogen functional groups attached to an aromatic ring is 1. The van der Waals surface area contributed by atoms with Crippen molar-refractivity contribution in [1.82, 2.24) is 15.1 Å². The molecule has 0 saturated heterocycles. The average molecular weight is 206 g/mol. The predicted octanol–water partition coefficient (Wildman–Crippen LogP) is 0.0638. The third kappa shape index (κ3) is 2.29. The van der Waals surface area contributed by atoms with Gasteiger partial charge in [0.2, 0.25) is 0 Å². The van der Waals surface area contributed by atoms with Crippen LogP contribution >= 0.6 is 0 Å². The van der Waals surface area contributed by atoms with E-state index >= 15 is 0 Å². The number of carbonyl (C=O) groups is 1. The lowest BCUT2D eigenvalue weighted by Gasteiger charge is -2.02. The molecule has 5 nitrogen and oxygen atoms in total. The fraction of sp³-hybridized carbons (Fsp3) is 0.400. The molecular formula is C10H14N4O. The van der Waals surface area contributed by atoms with Crippen molar-refractivity contribution in [3.8, 4) is 11.8 Å². The highest BCUT2D eigenvalue weighted by molar-refractivity contribution is 5.98. The molecule has 0 aliphatic carbocycles. The van der Waals surface area contributed by atoms with Crippen LogP contribution in [0.4, 0.5) is 5.69 Å². The van der Waals surface area contributed by atoms with Crippen molar-refractivity contribution in [2.75, 3.05) is 12.3 Å². The zero-order valence-electron chi connectivity index (χ0n) is 9.09. The van der Waals surface area contributed by atoms with Gasteiger partial charge in [0.25, 0.3) is 5.91 Å². The Morgan fingerprint density at radius 3 is 2.80 bits per heavy atom. The van der Waals surface area contributed by atoms with Crippen LogP contribution in [-0.4, -0.2) is 22.2 Å². The number of aryl methyl sites for hydroxylation is 2. The first-order valence-electron chi connectivity index (χ1n) is 4.54. The summed E-state index contributed by atoms with van der Waals surface area (Å²) in [4.78, 5) is 11.7. The lowest BCUT2D eigenvalue weighted by molar-refractivity contribution is 0.0950. The van der Waals surface area contributed by atoms with Crippen molar-refractivity contribution in [2.45, 2.75) is 13.8 Å². The van der Waals surface area contributed by atoms with Gasteiger partial charge in [-0.2, -0.15) is 5.10 Å². The second-order valence-corrected chi connectivity index (χ2v) is 3.08. The van der Waals surface area contributed by atoms with E-state index in [4.69, 9.17) is 5.73 Å². The molecule has 5 heteroatoms. The number of carbonyl (C=O) groups excluding carboxylic acids is 1. The Labute approximate surface area is 88.6 Å². The summed E-state index contributed by atoms with van der Waals surface area (Å²) in [5, 5.41) is 6.70. The van der Waals surface area contributed by atoms with Gasteiger partial charge < -0.3 is 11.1 Å². The van der Waals surface area contributed by atoms with E-state index in [-0.39, 0.29) is 5.91 Å². The van der Waals surface area contributed by atoms with Crippen LogP contribution in [0.25, 0.3) is 0 Å². The third-order valence-electron chi connectivity index (χ3n) is 2.00. The zero-order valence-corrected chi connectivity index (χ0v) is 9.09. The van der Waals surface area contributed by atoms with Crippen molar-refractivity contribution >= 4 is 11.6 Å². The first-order chi connectivity index (χ1) is 7.07. The quantitative estimate of drug-likeness (QED) is 0.672. The molecule has 0 aromatic carbocycles. The van der Waals surface area contributed by atoms with Crippen LogP contribution in [0.2, 0.25) is 0 Å². The minimum atomic E-state index is -0.252. The summed E-state index contributed by atoms with van der Waals surface area (Å²) >= 11 is 0. The number of nitrogens with two attached hydrogens (primary N) is 1. The van der Waals surface area contributed by atoms with Gasteiger partial charge in [-0.05, 0) is 13.8 Å². The maximum atomic E-state index is 11.7. The maximum Gasteiger partial charge on any atom is 0.272 e. The minimum Gasteiger partial charge on any atom is -0.395 e. The number of nitrogens with one attached hydrogen (secondary N) is 1. The summed E-state index contributed by atoms with van der Waals surface area (Å²) in [7, 11) is 1.68. The Kier molecular flexibility index (Phi) is 3.34. The molecule has 0 aliphatic heterocycles. The summed E-state index contributed by atoms with van der Waals surface area (Å²) in [5.41, 5.74) is 7.18. The molecule has 0 atom stereocenters. The second kappa shape index (κ2) is 4.51. The van der Waals surface area contributed by atoms with Crippen LogP contribution in [0.5, 0.6) is 0 Å².